The van der Waals surface area contributed by atoms with Crippen LogP contribution in [0.1, 0.15) is 63.9 Å². The van der Waals surface area contributed by atoms with Crippen LogP contribution in [0.5, 0.6) is 0 Å². The average molecular weight is 328 g/mol. The van der Waals surface area contributed by atoms with E-state index in [1.54, 1.807) is 0 Å². The van der Waals surface area contributed by atoms with Crippen LogP contribution >= 0.6 is 0 Å². The summed E-state index contributed by atoms with van der Waals surface area (Å²) >= 11 is 0. The van der Waals surface area contributed by atoms with Crippen molar-refractivity contribution < 1.29 is 9.59 Å². The molecule has 1 aliphatic heterocycles. The number of hydrogen-bond donors (Lipinski definition) is 1. The zero-order valence-corrected chi connectivity index (χ0v) is 14.6. The van der Waals surface area contributed by atoms with E-state index in [2.05, 4.69) is 10.2 Å². The molecule has 0 aromatic heterocycles. The van der Waals surface area contributed by atoms with E-state index in [0.29, 0.717) is 12.3 Å². The molecule has 0 unspecified atom stereocenters. The standard InChI is InChI=1S/C20H28N2O2/c1-2-18(23)21-17-10-8-16(9-11-17)20(12-4-3-5-13-20)19(24)22-14-6-7-15-22/h8-11H,2-7,12-15H2,1H3,(H,21,23). The highest BCUT2D eigenvalue weighted by molar-refractivity contribution is 5.91. The lowest BCUT2D eigenvalue weighted by atomic mass is 9.68. The number of carbonyl (C=O) groups is 2. The van der Waals surface area contributed by atoms with Crippen LogP contribution in [-0.4, -0.2) is 29.8 Å². The first-order valence-electron chi connectivity index (χ1n) is 9.35. The first-order valence-corrected chi connectivity index (χ1v) is 9.35. The fourth-order valence-corrected chi connectivity index (χ4v) is 4.13. The highest BCUT2D eigenvalue weighted by Gasteiger charge is 2.43. The van der Waals surface area contributed by atoms with Crippen molar-refractivity contribution in [1.82, 2.24) is 4.90 Å². The molecule has 1 saturated carbocycles. The van der Waals surface area contributed by atoms with Gasteiger partial charge in [0.2, 0.25) is 11.8 Å². The van der Waals surface area contributed by atoms with Crippen LogP contribution in [0.15, 0.2) is 24.3 Å². The number of nitrogens with one attached hydrogen (secondary N) is 1. The SMILES string of the molecule is CCC(=O)Nc1ccc(C2(C(=O)N3CCCC3)CCCCC2)cc1. The van der Waals surface area contributed by atoms with Gasteiger partial charge in [0.05, 0.1) is 5.41 Å². The lowest BCUT2D eigenvalue weighted by molar-refractivity contribution is -0.137. The summed E-state index contributed by atoms with van der Waals surface area (Å²) in [5, 5.41) is 2.88. The minimum Gasteiger partial charge on any atom is -0.342 e. The van der Waals surface area contributed by atoms with Crippen LogP contribution in [0.2, 0.25) is 0 Å². The van der Waals surface area contributed by atoms with Crippen LogP contribution in [-0.2, 0) is 15.0 Å². The summed E-state index contributed by atoms with van der Waals surface area (Å²) in [5.74, 6) is 0.341. The van der Waals surface area contributed by atoms with E-state index in [1.807, 2.05) is 31.2 Å². The Balaban J connectivity index is 1.85. The Morgan fingerprint density at radius 2 is 1.62 bits per heavy atom. The van der Waals surface area contributed by atoms with Crippen molar-refractivity contribution in [3.05, 3.63) is 29.8 Å². The third-order valence-electron chi connectivity index (χ3n) is 5.55. The Kier molecular flexibility index (Phi) is 5.22. The Morgan fingerprint density at radius 3 is 2.21 bits per heavy atom. The zero-order valence-electron chi connectivity index (χ0n) is 14.6. The number of benzene rings is 1. The van der Waals surface area contributed by atoms with E-state index < -0.39 is 0 Å². The van der Waals surface area contributed by atoms with E-state index in [0.717, 1.165) is 62.9 Å². The summed E-state index contributed by atoms with van der Waals surface area (Å²) < 4.78 is 0. The van der Waals surface area contributed by atoms with Gasteiger partial charge < -0.3 is 10.2 Å². The predicted molar refractivity (Wildman–Crippen MR) is 95.9 cm³/mol. The molecule has 2 aliphatic rings. The lowest BCUT2D eigenvalue weighted by Crippen LogP contribution is -2.47. The molecule has 0 atom stereocenters. The van der Waals surface area contributed by atoms with Gasteiger partial charge in [0.15, 0.2) is 0 Å². The van der Waals surface area contributed by atoms with Gasteiger partial charge in [-0.15, -0.1) is 0 Å². The molecule has 3 rings (SSSR count). The number of anilines is 1. The highest BCUT2D eigenvalue weighted by Crippen LogP contribution is 2.42. The molecular formula is C20H28N2O2. The minimum atomic E-state index is -0.351. The van der Waals surface area contributed by atoms with Crippen molar-refractivity contribution in [1.29, 1.82) is 0 Å². The zero-order chi connectivity index (χ0) is 17.0. The van der Waals surface area contributed by atoms with Gasteiger partial charge in [-0.25, -0.2) is 0 Å². The largest absolute Gasteiger partial charge is 0.342 e. The van der Waals surface area contributed by atoms with Crippen molar-refractivity contribution in [2.75, 3.05) is 18.4 Å². The number of amides is 2. The van der Waals surface area contributed by atoms with Gasteiger partial charge in [0.25, 0.3) is 0 Å². The maximum absolute atomic E-state index is 13.3. The predicted octanol–water partition coefficient (Wildman–Crippen LogP) is 3.86. The molecule has 0 spiro atoms. The fraction of sp³-hybridized carbons (Fsp3) is 0.600. The van der Waals surface area contributed by atoms with Crippen molar-refractivity contribution >= 4 is 17.5 Å². The first kappa shape index (κ1) is 17.0. The normalized spacial score (nSPS) is 20.0. The van der Waals surface area contributed by atoms with Crippen LogP contribution in [0.25, 0.3) is 0 Å². The monoisotopic (exact) mass is 328 g/mol. The molecule has 0 bridgehead atoms. The molecule has 2 fully saturated rings. The fourth-order valence-electron chi connectivity index (χ4n) is 4.13. The van der Waals surface area contributed by atoms with Crippen LogP contribution in [0.4, 0.5) is 5.69 Å². The molecule has 4 nitrogen and oxygen atoms in total. The Labute approximate surface area is 144 Å². The van der Waals surface area contributed by atoms with Gasteiger partial charge in [-0.1, -0.05) is 38.3 Å². The Morgan fingerprint density at radius 1 is 1.00 bits per heavy atom. The van der Waals surface area contributed by atoms with E-state index in [9.17, 15) is 9.59 Å². The van der Waals surface area contributed by atoms with Gasteiger partial charge in [-0.3, -0.25) is 9.59 Å². The minimum absolute atomic E-state index is 0.0169. The highest BCUT2D eigenvalue weighted by atomic mass is 16.2. The third-order valence-corrected chi connectivity index (χ3v) is 5.55. The number of hydrogen-bond acceptors (Lipinski definition) is 2. The number of rotatable bonds is 4. The van der Waals surface area contributed by atoms with E-state index >= 15 is 0 Å². The molecule has 4 heteroatoms. The van der Waals surface area contributed by atoms with Gasteiger partial charge in [0.1, 0.15) is 0 Å². The molecule has 0 radical (unpaired) electrons. The van der Waals surface area contributed by atoms with Crippen LogP contribution in [0.3, 0.4) is 0 Å². The second-order valence-corrected chi connectivity index (χ2v) is 7.12. The van der Waals surface area contributed by atoms with Crippen molar-refractivity contribution in [2.45, 2.75) is 63.7 Å². The second-order valence-electron chi connectivity index (χ2n) is 7.12. The summed E-state index contributed by atoms with van der Waals surface area (Å²) in [7, 11) is 0. The maximum Gasteiger partial charge on any atom is 0.233 e. The van der Waals surface area contributed by atoms with Crippen molar-refractivity contribution in [3.63, 3.8) is 0 Å². The molecule has 1 heterocycles. The molecule has 1 aliphatic carbocycles. The lowest BCUT2D eigenvalue weighted by Gasteiger charge is -2.39. The molecule has 1 aromatic rings. The molecule has 1 aromatic carbocycles. The molecule has 1 saturated heterocycles. The summed E-state index contributed by atoms with van der Waals surface area (Å²) in [6.45, 7) is 3.66. The van der Waals surface area contributed by atoms with Crippen molar-refractivity contribution in [3.8, 4) is 0 Å². The summed E-state index contributed by atoms with van der Waals surface area (Å²) in [6, 6.07) is 7.97. The average Bonchev–Trinajstić information content (AvgIpc) is 3.16. The van der Waals surface area contributed by atoms with E-state index in [4.69, 9.17) is 0 Å². The van der Waals surface area contributed by atoms with Gasteiger partial charge in [0, 0.05) is 25.2 Å². The second kappa shape index (κ2) is 7.37. The Hall–Kier alpha value is -1.84. The maximum atomic E-state index is 13.3. The number of nitrogens with zero attached hydrogens (tertiary/aromatic N) is 1. The molecule has 130 valence electrons. The first-order chi connectivity index (χ1) is 11.7. The van der Waals surface area contributed by atoms with E-state index in [1.165, 1.54) is 6.42 Å². The Bertz CT molecular complexity index is 582. The van der Waals surface area contributed by atoms with Gasteiger partial charge in [-0.05, 0) is 43.4 Å². The van der Waals surface area contributed by atoms with Crippen LogP contribution < -0.4 is 5.32 Å². The molecule has 1 N–H and O–H groups in total. The van der Waals surface area contributed by atoms with Crippen LogP contribution in [0, 0.1) is 0 Å². The summed E-state index contributed by atoms with van der Waals surface area (Å²) in [4.78, 5) is 26.9. The summed E-state index contributed by atoms with van der Waals surface area (Å²) in [5.41, 5.74) is 1.58. The topological polar surface area (TPSA) is 49.4 Å². The molecule has 2 amide bonds. The quantitative estimate of drug-likeness (QED) is 0.912. The molecular weight excluding hydrogens is 300 g/mol. The number of carbonyl (C=O) groups excluding carboxylic acids is 2. The van der Waals surface area contributed by atoms with Crippen molar-refractivity contribution in [2.24, 2.45) is 0 Å². The third kappa shape index (κ3) is 3.33. The summed E-state index contributed by atoms with van der Waals surface area (Å²) in [6.07, 6.45) is 8.08. The molecule has 24 heavy (non-hydrogen) atoms. The van der Waals surface area contributed by atoms with Gasteiger partial charge in [-0.2, -0.15) is 0 Å². The van der Waals surface area contributed by atoms with E-state index in [-0.39, 0.29) is 11.3 Å². The number of likely N-dealkylation sites (tertiary alicyclic amines) is 1. The van der Waals surface area contributed by atoms with Gasteiger partial charge >= 0.3 is 0 Å². The smallest absolute Gasteiger partial charge is 0.233 e.